The van der Waals surface area contributed by atoms with Crippen LogP contribution in [0.2, 0.25) is 5.02 Å². The van der Waals surface area contributed by atoms with E-state index in [0.29, 0.717) is 21.3 Å². The number of halogens is 1. The third kappa shape index (κ3) is 3.61. The van der Waals surface area contributed by atoms with Crippen molar-refractivity contribution >= 4 is 51.2 Å². The number of hydrogen-bond donors (Lipinski definition) is 2. The lowest BCUT2D eigenvalue weighted by Gasteiger charge is -2.09. The minimum absolute atomic E-state index is 0.137. The summed E-state index contributed by atoms with van der Waals surface area (Å²) in [6.45, 7) is 1.73. The lowest BCUT2D eigenvalue weighted by atomic mass is 10.1. The van der Waals surface area contributed by atoms with Crippen LogP contribution in [0.5, 0.6) is 0 Å². The first-order valence-electron chi connectivity index (χ1n) is 8.28. The molecule has 136 valence electrons. The fourth-order valence-electron chi connectivity index (χ4n) is 3.12. The van der Waals surface area contributed by atoms with E-state index < -0.39 is 5.91 Å². The van der Waals surface area contributed by atoms with Crippen LogP contribution in [0, 0.1) is 18.3 Å². The third-order valence-electron chi connectivity index (χ3n) is 4.35. The smallest absolute Gasteiger partial charge is 0.277 e. The topological polar surface area (TPSA) is 82.7 Å². The molecule has 0 fully saturated rings. The van der Waals surface area contributed by atoms with Crippen molar-refractivity contribution < 1.29 is 4.79 Å². The number of anilines is 1. The van der Waals surface area contributed by atoms with Crippen LogP contribution in [0.25, 0.3) is 0 Å². The summed E-state index contributed by atoms with van der Waals surface area (Å²) in [5.41, 5.74) is 2.58. The van der Waals surface area contributed by atoms with Gasteiger partial charge in [0.25, 0.3) is 5.91 Å². The second-order valence-corrected chi connectivity index (χ2v) is 8.05. The first kappa shape index (κ1) is 18.8. The summed E-state index contributed by atoms with van der Waals surface area (Å²) in [6.07, 6.45) is 5.32. The Kier molecular flexibility index (Phi) is 5.61. The highest BCUT2D eigenvalue weighted by Gasteiger charge is 2.22. The van der Waals surface area contributed by atoms with E-state index in [-0.39, 0.29) is 10.8 Å². The minimum atomic E-state index is -0.438. The van der Waals surface area contributed by atoms with Crippen LogP contribution >= 0.6 is 35.2 Å². The Bertz CT molecular complexity index is 925. The number of carbonyl (C=O) groups excluding carboxylic acids is 1. The fourth-order valence-corrected chi connectivity index (χ4v) is 4.87. The van der Waals surface area contributed by atoms with Gasteiger partial charge in [0.1, 0.15) is 16.8 Å². The summed E-state index contributed by atoms with van der Waals surface area (Å²) >= 11 is 12.9. The van der Waals surface area contributed by atoms with E-state index in [2.05, 4.69) is 21.8 Å². The summed E-state index contributed by atoms with van der Waals surface area (Å²) in [6, 6.07) is 2.28. The first-order chi connectivity index (χ1) is 12.4. The molecule has 1 amide bonds. The average Bonchev–Trinajstić information content (AvgIpc) is 2.91. The van der Waals surface area contributed by atoms with Gasteiger partial charge in [-0.3, -0.25) is 14.8 Å². The number of aromatic nitrogens is 2. The molecule has 2 aromatic rings. The maximum Gasteiger partial charge on any atom is 0.277 e. The van der Waals surface area contributed by atoms with E-state index in [0.717, 1.165) is 31.2 Å². The van der Waals surface area contributed by atoms with Crippen molar-refractivity contribution in [3.63, 3.8) is 0 Å². The van der Waals surface area contributed by atoms with Gasteiger partial charge in [-0.2, -0.15) is 10.4 Å². The van der Waals surface area contributed by atoms with E-state index >= 15 is 0 Å². The summed E-state index contributed by atoms with van der Waals surface area (Å²) in [5, 5.41) is 20.4. The van der Waals surface area contributed by atoms with E-state index in [1.807, 2.05) is 0 Å². The molecule has 3 rings (SSSR count). The average molecular weight is 408 g/mol. The van der Waals surface area contributed by atoms with Crippen molar-refractivity contribution in [2.24, 2.45) is 7.05 Å². The Labute approximate surface area is 166 Å². The molecule has 0 aromatic carbocycles. The zero-order chi connectivity index (χ0) is 18.8. The van der Waals surface area contributed by atoms with Crippen LogP contribution in [0.15, 0.2) is 0 Å². The fraction of sp³-hybridized carbons (Fsp3) is 0.412. The molecule has 2 aromatic heterocycles. The van der Waals surface area contributed by atoms with Crippen molar-refractivity contribution in [2.45, 2.75) is 39.0 Å². The number of amides is 1. The number of nitriles is 1. The van der Waals surface area contributed by atoms with Crippen LogP contribution in [-0.4, -0.2) is 20.8 Å². The number of thiophene rings is 1. The summed E-state index contributed by atoms with van der Waals surface area (Å²) < 4.78 is 1.42. The van der Waals surface area contributed by atoms with Crippen molar-refractivity contribution in [3.8, 4) is 6.07 Å². The molecule has 0 bridgehead atoms. The Balaban J connectivity index is 1.76. The Morgan fingerprint density at radius 2 is 2.12 bits per heavy atom. The molecule has 0 spiro atoms. The molecule has 1 aliphatic rings. The normalized spacial score (nSPS) is 13.5. The Morgan fingerprint density at radius 1 is 1.38 bits per heavy atom. The highest BCUT2D eigenvalue weighted by Crippen LogP contribution is 2.36. The number of aryl methyl sites for hydroxylation is 3. The number of fused-ring (bicyclic) bond motifs is 1. The molecule has 0 saturated heterocycles. The number of rotatable bonds is 2. The number of hydrogen-bond acceptors (Lipinski definition) is 5. The maximum atomic E-state index is 12.4. The van der Waals surface area contributed by atoms with Gasteiger partial charge in [0, 0.05) is 11.9 Å². The molecule has 1 aliphatic carbocycles. The van der Waals surface area contributed by atoms with Crippen LogP contribution in [0.4, 0.5) is 5.00 Å². The van der Waals surface area contributed by atoms with Gasteiger partial charge in [0.2, 0.25) is 0 Å². The molecule has 0 unspecified atom stereocenters. The van der Waals surface area contributed by atoms with Crippen LogP contribution in [0.3, 0.4) is 0 Å². The number of thiocarbonyl (C=S) groups is 1. The predicted molar refractivity (Wildman–Crippen MR) is 107 cm³/mol. The third-order valence-corrected chi connectivity index (χ3v) is 6.22. The molecular formula is C17H18ClN5OS2. The van der Waals surface area contributed by atoms with Crippen LogP contribution in [-0.2, 0) is 19.9 Å². The Morgan fingerprint density at radius 3 is 2.77 bits per heavy atom. The van der Waals surface area contributed by atoms with Crippen LogP contribution in [0.1, 0.15) is 51.4 Å². The van der Waals surface area contributed by atoms with Gasteiger partial charge >= 0.3 is 0 Å². The summed E-state index contributed by atoms with van der Waals surface area (Å²) in [4.78, 5) is 13.7. The van der Waals surface area contributed by atoms with E-state index in [1.54, 1.807) is 25.3 Å². The minimum Gasteiger partial charge on any atom is -0.323 e. The highest BCUT2D eigenvalue weighted by atomic mass is 35.5. The first-order valence-corrected chi connectivity index (χ1v) is 9.88. The van der Waals surface area contributed by atoms with Gasteiger partial charge in [0.15, 0.2) is 5.11 Å². The molecule has 9 heteroatoms. The van der Waals surface area contributed by atoms with Gasteiger partial charge in [0.05, 0.1) is 16.3 Å². The predicted octanol–water partition coefficient (Wildman–Crippen LogP) is 3.71. The number of carbonyl (C=O) groups is 1. The van der Waals surface area contributed by atoms with E-state index in [4.69, 9.17) is 23.8 Å². The number of nitrogens with zero attached hydrogens (tertiary/aromatic N) is 3. The molecule has 0 atom stereocenters. The highest BCUT2D eigenvalue weighted by molar-refractivity contribution is 7.80. The van der Waals surface area contributed by atoms with Crippen molar-refractivity contribution in [1.29, 1.82) is 5.26 Å². The molecule has 2 N–H and O–H groups in total. The number of nitrogens with one attached hydrogen (secondary N) is 2. The van der Waals surface area contributed by atoms with Crippen molar-refractivity contribution in [3.05, 3.63) is 32.4 Å². The second-order valence-electron chi connectivity index (χ2n) is 6.16. The van der Waals surface area contributed by atoms with Gasteiger partial charge in [-0.25, -0.2) is 0 Å². The zero-order valence-corrected chi connectivity index (χ0v) is 16.9. The molecule has 0 aliphatic heterocycles. The van der Waals surface area contributed by atoms with Crippen molar-refractivity contribution in [2.75, 3.05) is 5.32 Å². The zero-order valence-electron chi connectivity index (χ0n) is 14.5. The van der Waals surface area contributed by atoms with Gasteiger partial charge < -0.3 is 5.32 Å². The summed E-state index contributed by atoms with van der Waals surface area (Å²) in [5.74, 6) is -0.438. The quantitative estimate of drug-likeness (QED) is 0.585. The van der Waals surface area contributed by atoms with Crippen LogP contribution < -0.4 is 10.6 Å². The maximum absolute atomic E-state index is 12.4. The molecule has 6 nitrogen and oxygen atoms in total. The molecular weight excluding hydrogens is 390 g/mol. The molecule has 26 heavy (non-hydrogen) atoms. The molecule has 2 heterocycles. The van der Waals surface area contributed by atoms with Gasteiger partial charge in [-0.15, -0.1) is 11.3 Å². The molecule has 0 saturated carbocycles. The van der Waals surface area contributed by atoms with E-state index in [1.165, 1.54) is 16.0 Å². The van der Waals surface area contributed by atoms with E-state index in [9.17, 15) is 10.1 Å². The largest absolute Gasteiger partial charge is 0.323 e. The Hall–Kier alpha value is -1.95. The monoisotopic (exact) mass is 407 g/mol. The van der Waals surface area contributed by atoms with Crippen molar-refractivity contribution in [1.82, 2.24) is 15.1 Å². The summed E-state index contributed by atoms with van der Waals surface area (Å²) in [7, 11) is 1.65. The lowest BCUT2D eigenvalue weighted by molar-refractivity contribution is 0.0968. The molecule has 0 radical (unpaired) electrons. The van der Waals surface area contributed by atoms with Gasteiger partial charge in [-0.05, 0) is 50.4 Å². The van der Waals surface area contributed by atoms with Gasteiger partial charge in [-0.1, -0.05) is 18.0 Å². The second kappa shape index (κ2) is 7.74. The SMILES string of the molecule is Cc1nn(C)c(C(=O)NC(=S)Nc2sc3c(c2C#N)CCCCC3)c1Cl. The standard InChI is InChI=1S/C17H18ClN5OS2/c1-9-13(18)14(23(2)22-9)15(24)20-17(25)21-16-11(8-19)10-6-4-3-5-7-12(10)26-16/h3-7H2,1-2H3,(H2,20,21,24,25). The lowest BCUT2D eigenvalue weighted by Crippen LogP contribution is -2.35.